The van der Waals surface area contributed by atoms with Gasteiger partial charge in [0.25, 0.3) is 0 Å². The molecule has 0 spiro atoms. The largest absolute Gasteiger partial charge is 0.189 e. The van der Waals surface area contributed by atoms with E-state index >= 15 is 0 Å². The first-order valence-electron chi connectivity index (χ1n) is 9.04. The van der Waals surface area contributed by atoms with Crippen molar-refractivity contribution in [3.8, 4) is 11.6 Å². The summed E-state index contributed by atoms with van der Waals surface area (Å²) in [6.45, 7) is 0. The molecule has 0 aliphatic carbocycles. The van der Waals surface area contributed by atoms with Crippen molar-refractivity contribution in [2.24, 2.45) is 0 Å². The van der Waals surface area contributed by atoms with Crippen molar-refractivity contribution in [1.82, 2.24) is 0 Å². The summed E-state index contributed by atoms with van der Waals surface area (Å²) in [6, 6.07) is 42.4. The lowest BCUT2D eigenvalue weighted by atomic mass is 10.2. The molecular formula is C26H20P+. The van der Waals surface area contributed by atoms with Gasteiger partial charge in [0.15, 0.2) is 7.26 Å². The van der Waals surface area contributed by atoms with Gasteiger partial charge in [0, 0.05) is 5.56 Å². The second-order valence-electron chi connectivity index (χ2n) is 6.28. The van der Waals surface area contributed by atoms with Gasteiger partial charge >= 0.3 is 0 Å². The van der Waals surface area contributed by atoms with Crippen LogP contribution in [0.15, 0.2) is 121 Å². The Morgan fingerprint density at radius 2 is 0.741 bits per heavy atom. The van der Waals surface area contributed by atoms with Crippen molar-refractivity contribution in [3.63, 3.8) is 0 Å². The van der Waals surface area contributed by atoms with Crippen LogP contribution < -0.4 is 15.9 Å². The van der Waals surface area contributed by atoms with Crippen molar-refractivity contribution in [3.05, 3.63) is 127 Å². The first-order valence-corrected chi connectivity index (χ1v) is 10.8. The van der Waals surface area contributed by atoms with Gasteiger partial charge in [-0.25, -0.2) is 0 Å². The third-order valence-corrected chi connectivity index (χ3v) is 8.24. The highest BCUT2D eigenvalue weighted by molar-refractivity contribution is 7.99. The fraction of sp³-hybridized carbons (Fsp3) is 0. The molecule has 128 valence electrons. The molecule has 0 bridgehead atoms. The summed E-state index contributed by atoms with van der Waals surface area (Å²) in [4.78, 5) is 0. The normalized spacial score (nSPS) is 10.7. The molecule has 1 heteroatoms. The van der Waals surface area contributed by atoms with Gasteiger partial charge in [-0.1, -0.05) is 72.8 Å². The number of hydrogen-bond donors (Lipinski definition) is 0. The van der Waals surface area contributed by atoms with Crippen molar-refractivity contribution in [1.29, 1.82) is 0 Å². The minimum Gasteiger partial charge on any atom is -0.0622 e. The highest BCUT2D eigenvalue weighted by Gasteiger charge is 2.44. The number of rotatable bonds is 3. The van der Waals surface area contributed by atoms with E-state index in [0.717, 1.165) is 5.56 Å². The van der Waals surface area contributed by atoms with Gasteiger partial charge < -0.3 is 0 Å². The zero-order chi connectivity index (χ0) is 18.4. The Kier molecular flexibility index (Phi) is 5.15. The Bertz CT molecular complexity index is 947. The van der Waals surface area contributed by atoms with Crippen LogP contribution in [0.4, 0.5) is 0 Å². The Balaban J connectivity index is 2.03. The van der Waals surface area contributed by atoms with Crippen LogP contribution in [0.5, 0.6) is 0 Å². The van der Waals surface area contributed by atoms with Gasteiger partial charge in [0.1, 0.15) is 15.9 Å². The smallest absolute Gasteiger partial charge is 0.0622 e. The van der Waals surface area contributed by atoms with Crippen LogP contribution in [-0.2, 0) is 0 Å². The Hall–Kier alpha value is -3.13. The Morgan fingerprint density at radius 1 is 0.407 bits per heavy atom. The third kappa shape index (κ3) is 3.56. The van der Waals surface area contributed by atoms with Gasteiger partial charge in [-0.15, -0.1) is 0 Å². The van der Waals surface area contributed by atoms with Crippen LogP contribution in [0.25, 0.3) is 0 Å². The van der Waals surface area contributed by atoms with Gasteiger partial charge in [-0.2, -0.15) is 0 Å². The highest BCUT2D eigenvalue weighted by Crippen LogP contribution is 2.54. The maximum atomic E-state index is 3.76. The van der Waals surface area contributed by atoms with Crippen LogP contribution in [-0.4, -0.2) is 0 Å². The topological polar surface area (TPSA) is 0 Å². The molecular weight excluding hydrogens is 343 g/mol. The Labute approximate surface area is 161 Å². The van der Waals surface area contributed by atoms with E-state index in [1.165, 1.54) is 15.9 Å². The summed E-state index contributed by atoms with van der Waals surface area (Å²) in [5, 5.41) is 3.85. The fourth-order valence-electron chi connectivity index (χ4n) is 3.27. The van der Waals surface area contributed by atoms with E-state index in [1.807, 2.05) is 18.2 Å². The molecule has 0 nitrogen and oxygen atoms in total. The van der Waals surface area contributed by atoms with Crippen molar-refractivity contribution in [2.45, 2.75) is 0 Å². The van der Waals surface area contributed by atoms with E-state index in [1.54, 1.807) is 0 Å². The Morgan fingerprint density at radius 3 is 1.11 bits per heavy atom. The van der Waals surface area contributed by atoms with Crippen molar-refractivity contribution in [2.75, 3.05) is 0 Å². The molecule has 0 aromatic heterocycles. The molecule has 4 aromatic rings. The third-order valence-electron chi connectivity index (χ3n) is 4.57. The average Bonchev–Trinajstić information content (AvgIpc) is 2.77. The highest BCUT2D eigenvalue weighted by atomic mass is 31.2. The van der Waals surface area contributed by atoms with Crippen LogP contribution in [0.2, 0.25) is 0 Å². The first kappa shape index (κ1) is 17.3. The van der Waals surface area contributed by atoms with E-state index in [9.17, 15) is 0 Å². The SMILES string of the molecule is C(#C[P+](c1ccccc1)(c1ccccc1)c1ccccc1)c1ccccc1. The molecule has 27 heavy (non-hydrogen) atoms. The first-order chi connectivity index (χ1) is 13.4. The molecule has 0 amide bonds. The monoisotopic (exact) mass is 363 g/mol. The second-order valence-corrected chi connectivity index (χ2v) is 9.39. The van der Waals surface area contributed by atoms with E-state index in [0.29, 0.717) is 0 Å². The minimum atomic E-state index is -2.08. The average molecular weight is 363 g/mol. The molecule has 0 fully saturated rings. The van der Waals surface area contributed by atoms with E-state index < -0.39 is 7.26 Å². The summed E-state index contributed by atoms with van der Waals surface area (Å²) in [5.74, 6) is 3.48. The fourth-order valence-corrected chi connectivity index (χ4v) is 6.70. The van der Waals surface area contributed by atoms with Gasteiger partial charge in [-0.05, 0) is 54.5 Å². The zero-order valence-corrected chi connectivity index (χ0v) is 15.9. The molecule has 0 unspecified atom stereocenters. The van der Waals surface area contributed by atoms with Crippen molar-refractivity contribution >= 4 is 23.2 Å². The van der Waals surface area contributed by atoms with Gasteiger partial charge in [-0.3, -0.25) is 0 Å². The molecule has 0 heterocycles. The van der Waals surface area contributed by atoms with Crippen LogP contribution in [0, 0.1) is 11.6 Å². The van der Waals surface area contributed by atoms with Crippen LogP contribution in [0.1, 0.15) is 5.56 Å². The van der Waals surface area contributed by atoms with E-state index in [2.05, 4.69) is 115 Å². The molecule has 0 radical (unpaired) electrons. The molecule has 0 N–H and O–H groups in total. The number of hydrogen-bond acceptors (Lipinski definition) is 0. The molecule has 4 rings (SSSR count). The van der Waals surface area contributed by atoms with Crippen LogP contribution >= 0.6 is 7.26 Å². The van der Waals surface area contributed by atoms with E-state index in [-0.39, 0.29) is 0 Å². The lowest BCUT2D eigenvalue weighted by Crippen LogP contribution is -2.29. The molecule has 0 atom stereocenters. The lowest BCUT2D eigenvalue weighted by molar-refractivity contribution is 1.65. The predicted molar refractivity (Wildman–Crippen MR) is 118 cm³/mol. The summed E-state index contributed by atoms with van der Waals surface area (Å²) >= 11 is 0. The summed E-state index contributed by atoms with van der Waals surface area (Å²) in [5.41, 5.74) is 4.81. The molecule has 0 saturated heterocycles. The molecule has 4 aromatic carbocycles. The predicted octanol–water partition coefficient (Wildman–Crippen LogP) is 4.99. The molecule has 0 aliphatic heterocycles. The molecule has 0 aliphatic rings. The zero-order valence-electron chi connectivity index (χ0n) is 15.0. The summed E-state index contributed by atoms with van der Waals surface area (Å²) in [6.07, 6.45) is 0. The second kappa shape index (κ2) is 8.05. The number of benzene rings is 4. The molecule has 0 saturated carbocycles. The van der Waals surface area contributed by atoms with Crippen LogP contribution in [0.3, 0.4) is 0 Å². The van der Waals surface area contributed by atoms with Gasteiger partial charge in [0.2, 0.25) is 0 Å². The standard InChI is InChI=1S/C26H20P/c1-5-13-23(14-6-1)21-22-27(24-15-7-2-8-16-24,25-17-9-3-10-18-25)26-19-11-4-12-20-26/h1-20H/q+1. The maximum Gasteiger partial charge on any atom is 0.189 e. The maximum absolute atomic E-state index is 3.76. The summed E-state index contributed by atoms with van der Waals surface area (Å²) in [7, 11) is -2.08. The lowest BCUT2D eigenvalue weighted by Gasteiger charge is -2.21. The van der Waals surface area contributed by atoms with Crippen molar-refractivity contribution < 1.29 is 0 Å². The minimum absolute atomic E-state index is 1.05. The quantitative estimate of drug-likeness (QED) is 0.355. The summed E-state index contributed by atoms with van der Waals surface area (Å²) < 4.78 is 0. The van der Waals surface area contributed by atoms with Gasteiger partial charge in [0.05, 0.1) is 5.66 Å². The van der Waals surface area contributed by atoms with E-state index in [4.69, 9.17) is 0 Å².